The lowest BCUT2D eigenvalue weighted by atomic mass is 10.2. The third-order valence-electron chi connectivity index (χ3n) is 2.67. The molecule has 0 unspecified atom stereocenters. The molecule has 78 valence electrons. The highest BCUT2D eigenvalue weighted by Crippen LogP contribution is 2.37. The van der Waals surface area contributed by atoms with Crippen LogP contribution < -0.4 is 4.74 Å². The summed E-state index contributed by atoms with van der Waals surface area (Å²) in [5.41, 5.74) is 3.05. The van der Waals surface area contributed by atoms with Crippen LogP contribution in [0.2, 0.25) is 0 Å². The lowest BCUT2D eigenvalue weighted by molar-refractivity contribution is 0.484. The van der Waals surface area contributed by atoms with E-state index < -0.39 is 0 Å². The minimum atomic E-state index is 0.821. The van der Waals surface area contributed by atoms with Crippen molar-refractivity contribution in [3.8, 4) is 11.5 Å². The zero-order chi connectivity index (χ0) is 11.0. The molecule has 1 aliphatic rings. The van der Waals surface area contributed by atoms with Crippen LogP contribution in [-0.2, 0) is 0 Å². The Labute approximate surface area is 94.2 Å². The minimum absolute atomic E-state index is 0.821. The van der Waals surface area contributed by atoms with Gasteiger partial charge in [-0.05, 0) is 30.7 Å². The molecular weight excluding hydrogens is 198 g/mol. The average molecular weight is 209 g/mol. The summed E-state index contributed by atoms with van der Waals surface area (Å²) >= 11 is 0. The fourth-order valence-corrected chi connectivity index (χ4v) is 1.81. The van der Waals surface area contributed by atoms with Gasteiger partial charge in [0.2, 0.25) is 0 Å². The monoisotopic (exact) mass is 209 g/mol. The maximum absolute atomic E-state index is 5.86. The standard InChI is InChI=1S/C14H11NO/c1-10-5-4-8-13-14(10)15-9-11-6-2-3-7-12(11)16-13/h2-9H,1H3. The van der Waals surface area contributed by atoms with E-state index in [1.165, 1.54) is 0 Å². The van der Waals surface area contributed by atoms with Gasteiger partial charge in [0.05, 0.1) is 0 Å². The Morgan fingerprint density at radius 3 is 2.69 bits per heavy atom. The van der Waals surface area contributed by atoms with Crippen molar-refractivity contribution in [3.63, 3.8) is 0 Å². The van der Waals surface area contributed by atoms with Gasteiger partial charge in [-0.25, -0.2) is 0 Å². The van der Waals surface area contributed by atoms with Gasteiger partial charge >= 0.3 is 0 Å². The SMILES string of the molecule is Cc1cccc2c1N=Cc1ccccc1O2. The van der Waals surface area contributed by atoms with Gasteiger partial charge in [-0.2, -0.15) is 0 Å². The van der Waals surface area contributed by atoms with Crippen molar-refractivity contribution in [1.29, 1.82) is 0 Å². The molecule has 16 heavy (non-hydrogen) atoms. The molecule has 0 saturated carbocycles. The number of benzene rings is 2. The molecule has 1 aliphatic heterocycles. The molecule has 0 N–H and O–H groups in total. The second-order valence-corrected chi connectivity index (χ2v) is 3.82. The summed E-state index contributed by atoms with van der Waals surface area (Å²) in [6, 6.07) is 13.9. The Morgan fingerprint density at radius 1 is 0.938 bits per heavy atom. The average Bonchev–Trinajstić information content (AvgIpc) is 2.48. The Kier molecular flexibility index (Phi) is 2.00. The third kappa shape index (κ3) is 1.39. The number of hydrogen-bond acceptors (Lipinski definition) is 2. The van der Waals surface area contributed by atoms with Crippen molar-refractivity contribution < 1.29 is 4.74 Å². The van der Waals surface area contributed by atoms with E-state index in [0.29, 0.717) is 0 Å². The second-order valence-electron chi connectivity index (χ2n) is 3.82. The smallest absolute Gasteiger partial charge is 0.153 e. The molecule has 1 heterocycles. The van der Waals surface area contributed by atoms with Crippen LogP contribution in [0.3, 0.4) is 0 Å². The number of hydrogen-bond donors (Lipinski definition) is 0. The zero-order valence-electron chi connectivity index (χ0n) is 8.97. The Bertz CT molecular complexity index is 573. The maximum atomic E-state index is 5.86. The fraction of sp³-hybridized carbons (Fsp3) is 0.0714. The topological polar surface area (TPSA) is 21.6 Å². The van der Waals surface area contributed by atoms with E-state index in [-0.39, 0.29) is 0 Å². The lowest BCUT2D eigenvalue weighted by Gasteiger charge is -2.08. The van der Waals surface area contributed by atoms with Crippen LogP contribution in [0.25, 0.3) is 0 Å². The van der Waals surface area contributed by atoms with Crippen molar-refractivity contribution in [2.24, 2.45) is 4.99 Å². The number of rotatable bonds is 0. The predicted octanol–water partition coefficient (Wildman–Crippen LogP) is 3.85. The van der Waals surface area contributed by atoms with Crippen LogP contribution in [0, 0.1) is 6.92 Å². The van der Waals surface area contributed by atoms with Gasteiger partial charge in [-0.15, -0.1) is 0 Å². The molecule has 2 aromatic carbocycles. The summed E-state index contributed by atoms with van der Waals surface area (Å²) in [6.07, 6.45) is 1.86. The highest BCUT2D eigenvalue weighted by Gasteiger charge is 2.11. The van der Waals surface area contributed by atoms with Crippen molar-refractivity contribution >= 4 is 11.9 Å². The molecule has 0 bridgehead atoms. The largest absolute Gasteiger partial charge is 0.454 e. The summed E-state index contributed by atoms with van der Waals surface area (Å²) in [4.78, 5) is 4.48. The number of fused-ring (bicyclic) bond motifs is 2. The first-order valence-corrected chi connectivity index (χ1v) is 5.25. The van der Waals surface area contributed by atoms with Crippen LogP contribution in [0.5, 0.6) is 11.5 Å². The van der Waals surface area contributed by atoms with Crippen LogP contribution in [0.1, 0.15) is 11.1 Å². The highest BCUT2D eigenvalue weighted by atomic mass is 16.5. The molecule has 0 fully saturated rings. The van der Waals surface area contributed by atoms with Crippen molar-refractivity contribution in [1.82, 2.24) is 0 Å². The first-order valence-electron chi connectivity index (χ1n) is 5.25. The summed E-state index contributed by atoms with van der Waals surface area (Å²) in [5, 5.41) is 0. The molecule has 2 aromatic rings. The van der Waals surface area contributed by atoms with Gasteiger partial charge in [-0.3, -0.25) is 4.99 Å². The minimum Gasteiger partial charge on any atom is -0.454 e. The van der Waals surface area contributed by atoms with E-state index in [1.54, 1.807) is 0 Å². The fourth-order valence-electron chi connectivity index (χ4n) is 1.81. The normalized spacial score (nSPS) is 12.3. The molecule has 3 rings (SSSR count). The molecule has 0 atom stereocenters. The molecule has 2 nitrogen and oxygen atoms in total. The molecule has 0 saturated heterocycles. The Hall–Kier alpha value is -2.09. The molecule has 0 spiro atoms. The quantitative estimate of drug-likeness (QED) is 0.551. The Balaban J connectivity index is 2.21. The molecule has 0 amide bonds. The van der Waals surface area contributed by atoms with Crippen molar-refractivity contribution in [2.45, 2.75) is 6.92 Å². The third-order valence-corrected chi connectivity index (χ3v) is 2.67. The first-order chi connectivity index (χ1) is 7.84. The summed E-state index contributed by atoms with van der Waals surface area (Å²) in [7, 11) is 0. The number of aliphatic imine (C=N–C) groups is 1. The van der Waals surface area contributed by atoms with Crippen LogP contribution in [0.4, 0.5) is 5.69 Å². The van der Waals surface area contributed by atoms with E-state index in [1.807, 2.05) is 55.6 Å². The molecule has 0 aliphatic carbocycles. The van der Waals surface area contributed by atoms with E-state index >= 15 is 0 Å². The van der Waals surface area contributed by atoms with E-state index in [4.69, 9.17) is 4.74 Å². The maximum Gasteiger partial charge on any atom is 0.153 e. The number of ether oxygens (including phenoxy) is 1. The van der Waals surface area contributed by atoms with Crippen molar-refractivity contribution in [3.05, 3.63) is 53.6 Å². The lowest BCUT2D eigenvalue weighted by Crippen LogP contribution is -1.87. The summed E-state index contributed by atoms with van der Waals surface area (Å²) < 4.78 is 5.86. The van der Waals surface area contributed by atoms with Gasteiger partial charge in [0.25, 0.3) is 0 Å². The highest BCUT2D eigenvalue weighted by molar-refractivity contribution is 5.88. The van der Waals surface area contributed by atoms with Gasteiger partial charge in [0.15, 0.2) is 5.75 Å². The van der Waals surface area contributed by atoms with E-state index in [2.05, 4.69) is 4.99 Å². The van der Waals surface area contributed by atoms with Crippen LogP contribution in [0.15, 0.2) is 47.5 Å². The second kappa shape index (κ2) is 3.49. The van der Waals surface area contributed by atoms with Gasteiger partial charge in [0.1, 0.15) is 11.4 Å². The van der Waals surface area contributed by atoms with Gasteiger partial charge in [0, 0.05) is 11.8 Å². The van der Waals surface area contributed by atoms with Crippen molar-refractivity contribution in [2.75, 3.05) is 0 Å². The van der Waals surface area contributed by atoms with E-state index in [0.717, 1.165) is 28.3 Å². The molecule has 2 heteroatoms. The van der Waals surface area contributed by atoms with Crippen LogP contribution in [-0.4, -0.2) is 6.21 Å². The Morgan fingerprint density at radius 2 is 1.75 bits per heavy atom. The summed E-state index contributed by atoms with van der Waals surface area (Å²) in [6.45, 7) is 2.04. The first kappa shape index (κ1) is 9.16. The summed E-state index contributed by atoms with van der Waals surface area (Å²) in [5.74, 6) is 1.68. The van der Waals surface area contributed by atoms with E-state index in [9.17, 15) is 0 Å². The van der Waals surface area contributed by atoms with Crippen LogP contribution >= 0.6 is 0 Å². The number of para-hydroxylation sites is 2. The number of aryl methyl sites for hydroxylation is 1. The van der Waals surface area contributed by atoms with Gasteiger partial charge < -0.3 is 4.74 Å². The molecule has 0 radical (unpaired) electrons. The van der Waals surface area contributed by atoms with Gasteiger partial charge in [-0.1, -0.05) is 24.3 Å². The molecule has 0 aromatic heterocycles. The number of nitrogens with zero attached hydrogens (tertiary/aromatic N) is 1. The predicted molar refractivity (Wildman–Crippen MR) is 64.9 cm³/mol. The zero-order valence-corrected chi connectivity index (χ0v) is 8.97. The molecular formula is C14H11NO.